The normalized spacial score (nSPS) is 20.0. The van der Waals surface area contributed by atoms with Gasteiger partial charge in [-0.2, -0.15) is 13.2 Å². The summed E-state index contributed by atoms with van der Waals surface area (Å²) in [6.45, 7) is 2.20. The second-order valence-electron chi connectivity index (χ2n) is 8.53. The summed E-state index contributed by atoms with van der Waals surface area (Å²) in [5.74, 6) is -0.0199. The maximum atomic E-state index is 13.4. The molecule has 1 amide bonds. The smallest absolute Gasteiger partial charge is 0.364 e. The minimum Gasteiger partial charge on any atom is -0.364 e. The van der Waals surface area contributed by atoms with Gasteiger partial charge in [0.2, 0.25) is 11.9 Å². The number of nitrogens with zero attached hydrogens (tertiary/aromatic N) is 4. The number of carbonyl (C=O) groups excluding carboxylic acids is 1. The van der Waals surface area contributed by atoms with Crippen LogP contribution in [0.5, 0.6) is 0 Å². The van der Waals surface area contributed by atoms with E-state index in [4.69, 9.17) is 0 Å². The summed E-state index contributed by atoms with van der Waals surface area (Å²) in [6.07, 6.45) is -0.0810. The summed E-state index contributed by atoms with van der Waals surface area (Å²) < 4.78 is 40.1. The van der Waals surface area contributed by atoms with Crippen LogP contribution in [0.2, 0.25) is 0 Å². The average molecular weight is 488 g/mol. The number of anilines is 2. The van der Waals surface area contributed by atoms with Gasteiger partial charge in [-0.3, -0.25) is 4.79 Å². The number of amides is 1. The molecule has 34 heavy (non-hydrogen) atoms. The average Bonchev–Trinajstić information content (AvgIpc) is 3.36. The number of alkyl halides is 3. The standard InChI is InChI=1S/C24H24F3N5OS/c25-24(26,27)17-4-5-20-16(13-17)14-19(22(33)28-9-6-18-3-1-12-34-18)21-15-31(10-11-32(20)21)23-29-7-2-8-30-23/h1-5,7-8,12-13,19,21H,6,9-11,14-15H2,(H,28,33)/t19-,21+/m0/s1. The molecule has 0 aliphatic carbocycles. The first kappa shape index (κ1) is 22.6. The first-order valence-electron chi connectivity index (χ1n) is 11.2. The van der Waals surface area contributed by atoms with Gasteiger partial charge in [0, 0.05) is 49.1 Å². The van der Waals surface area contributed by atoms with E-state index in [0.717, 1.165) is 18.2 Å². The van der Waals surface area contributed by atoms with Gasteiger partial charge in [0.1, 0.15) is 0 Å². The fourth-order valence-corrected chi connectivity index (χ4v) is 5.54. The first-order valence-corrected chi connectivity index (χ1v) is 12.1. The largest absolute Gasteiger partial charge is 0.416 e. The molecule has 0 bridgehead atoms. The van der Waals surface area contributed by atoms with Crippen LogP contribution in [0.3, 0.4) is 0 Å². The summed E-state index contributed by atoms with van der Waals surface area (Å²) in [7, 11) is 0. The lowest BCUT2D eigenvalue weighted by Gasteiger charge is -2.49. The number of halogens is 3. The van der Waals surface area contributed by atoms with Gasteiger partial charge < -0.3 is 15.1 Å². The fraction of sp³-hybridized carbons (Fsp3) is 0.375. The number of hydrogen-bond donors (Lipinski definition) is 1. The Labute approximate surface area is 199 Å². The summed E-state index contributed by atoms with van der Waals surface area (Å²) in [5.41, 5.74) is 0.654. The molecule has 6 nitrogen and oxygen atoms in total. The van der Waals surface area contributed by atoms with Crippen molar-refractivity contribution in [2.45, 2.75) is 25.1 Å². The molecule has 2 aliphatic heterocycles. The number of thiophene rings is 1. The maximum Gasteiger partial charge on any atom is 0.416 e. The molecule has 0 radical (unpaired) electrons. The lowest BCUT2D eigenvalue weighted by molar-refractivity contribution is -0.137. The molecule has 0 spiro atoms. The van der Waals surface area contributed by atoms with Crippen molar-refractivity contribution in [3.8, 4) is 0 Å². The second-order valence-corrected chi connectivity index (χ2v) is 9.56. The molecular formula is C24H24F3N5OS. The summed E-state index contributed by atoms with van der Waals surface area (Å²) in [5, 5.41) is 5.02. The van der Waals surface area contributed by atoms with Gasteiger partial charge in [-0.15, -0.1) is 11.3 Å². The van der Waals surface area contributed by atoms with Crippen LogP contribution in [0.4, 0.5) is 24.8 Å². The van der Waals surface area contributed by atoms with E-state index in [1.165, 1.54) is 10.9 Å². The Bertz CT molecular complexity index is 1140. The molecule has 0 unspecified atom stereocenters. The van der Waals surface area contributed by atoms with Crippen molar-refractivity contribution in [2.24, 2.45) is 5.92 Å². The SMILES string of the molecule is O=C(NCCc1cccs1)[C@H]1Cc2cc(C(F)(F)F)ccc2N2CCN(c3ncccn3)C[C@H]12. The second kappa shape index (κ2) is 9.25. The Morgan fingerprint density at radius 3 is 2.71 bits per heavy atom. The zero-order valence-corrected chi connectivity index (χ0v) is 19.1. The lowest BCUT2D eigenvalue weighted by Crippen LogP contribution is -2.61. The van der Waals surface area contributed by atoms with Gasteiger partial charge in [-0.05, 0) is 54.1 Å². The number of fused-ring (bicyclic) bond motifs is 3. The van der Waals surface area contributed by atoms with Crippen LogP contribution in [-0.2, 0) is 23.8 Å². The highest BCUT2D eigenvalue weighted by atomic mass is 32.1. The maximum absolute atomic E-state index is 13.4. The zero-order chi connectivity index (χ0) is 23.7. The zero-order valence-electron chi connectivity index (χ0n) is 18.3. The molecular weight excluding hydrogens is 463 g/mol. The van der Waals surface area contributed by atoms with Crippen LogP contribution in [0.15, 0.2) is 54.2 Å². The number of carbonyl (C=O) groups is 1. The van der Waals surface area contributed by atoms with Crippen LogP contribution in [0, 0.1) is 5.92 Å². The van der Waals surface area contributed by atoms with Crippen LogP contribution in [0.25, 0.3) is 0 Å². The number of nitrogens with one attached hydrogen (secondary N) is 1. The first-order chi connectivity index (χ1) is 16.4. The van der Waals surface area contributed by atoms with Gasteiger partial charge >= 0.3 is 6.18 Å². The number of benzene rings is 1. The van der Waals surface area contributed by atoms with Gasteiger partial charge in [0.15, 0.2) is 0 Å². The van der Waals surface area contributed by atoms with Crippen molar-refractivity contribution in [1.29, 1.82) is 0 Å². The van der Waals surface area contributed by atoms with Crippen LogP contribution in [0.1, 0.15) is 16.0 Å². The van der Waals surface area contributed by atoms with E-state index in [1.54, 1.807) is 35.9 Å². The molecule has 1 fully saturated rings. The molecule has 178 valence electrons. The number of rotatable bonds is 5. The predicted octanol–water partition coefficient (Wildman–Crippen LogP) is 3.78. The minimum absolute atomic E-state index is 0.134. The minimum atomic E-state index is -4.42. The summed E-state index contributed by atoms with van der Waals surface area (Å²) in [4.78, 5) is 27.3. The topological polar surface area (TPSA) is 61.4 Å². The highest BCUT2D eigenvalue weighted by Crippen LogP contribution is 2.40. The van der Waals surface area contributed by atoms with E-state index in [9.17, 15) is 18.0 Å². The third kappa shape index (κ3) is 4.59. The molecule has 1 N–H and O–H groups in total. The van der Waals surface area contributed by atoms with E-state index in [1.807, 2.05) is 22.4 Å². The Hall–Kier alpha value is -3.14. The fourth-order valence-electron chi connectivity index (χ4n) is 4.83. The van der Waals surface area contributed by atoms with Gasteiger partial charge in [0.25, 0.3) is 0 Å². The van der Waals surface area contributed by atoms with Crippen LogP contribution < -0.4 is 15.1 Å². The Morgan fingerprint density at radius 2 is 1.97 bits per heavy atom. The van der Waals surface area contributed by atoms with Crippen molar-refractivity contribution >= 4 is 28.9 Å². The highest BCUT2D eigenvalue weighted by molar-refractivity contribution is 7.09. The molecule has 0 saturated carbocycles. The monoisotopic (exact) mass is 487 g/mol. The number of aromatic nitrogens is 2. The van der Waals surface area contributed by atoms with Gasteiger partial charge in [-0.25, -0.2) is 9.97 Å². The molecule has 2 aromatic heterocycles. The van der Waals surface area contributed by atoms with Crippen LogP contribution in [-0.4, -0.2) is 48.1 Å². The third-order valence-corrected chi connectivity index (χ3v) is 7.40. The van der Waals surface area contributed by atoms with E-state index < -0.39 is 17.7 Å². The molecule has 1 saturated heterocycles. The van der Waals surface area contributed by atoms with Crippen LogP contribution >= 0.6 is 11.3 Å². The third-order valence-electron chi connectivity index (χ3n) is 6.46. The van der Waals surface area contributed by atoms with E-state index in [2.05, 4.69) is 20.2 Å². The summed E-state index contributed by atoms with van der Waals surface area (Å²) in [6, 6.07) is 9.42. The number of hydrogen-bond acceptors (Lipinski definition) is 6. The molecule has 4 heterocycles. The Morgan fingerprint density at radius 1 is 1.15 bits per heavy atom. The van der Waals surface area contributed by atoms with Crippen molar-refractivity contribution < 1.29 is 18.0 Å². The van der Waals surface area contributed by atoms with Crippen molar-refractivity contribution in [3.05, 3.63) is 70.2 Å². The quantitative estimate of drug-likeness (QED) is 0.594. The molecule has 3 aromatic rings. The molecule has 5 rings (SSSR count). The molecule has 10 heteroatoms. The Kier molecular flexibility index (Phi) is 6.16. The number of piperazine rings is 1. The van der Waals surface area contributed by atoms with E-state index in [0.29, 0.717) is 37.7 Å². The lowest BCUT2D eigenvalue weighted by atomic mass is 9.82. The summed E-state index contributed by atoms with van der Waals surface area (Å²) >= 11 is 1.63. The molecule has 2 atom stereocenters. The van der Waals surface area contributed by atoms with Crippen molar-refractivity contribution in [1.82, 2.24) is 15.3 Å². The van der Waals surface area contributed by atoms with Crippen molar-refractivity contribution in [2.75, 3.05) is 36.0 Å². The van der Waals surface area contributed by atoms with Gasteiger partial charge in [-0.1, -0.05) is 6.07 Å². The molecule has 2 aliphatic rings. The van der Waals surface area contributed by atoms with E-state index in [-0.39, 0.29) is 18.4 Å². The predicted molar refractivity (Wildman–Crippen MR) is 125 cm³/mol. The van der Waals surface area contributed by atoms with E-state index >= 15 is 0 Å². The highest BCUT2D eigenvalue weighted by Gasteiger charge is 2.43. The van der Waals surface area contributed by atoms with Gasteiger partial charge in [0.05, 0.1) is 17.5 Å². The molecule has 1 aromatic carbocycles. The van der Waals surface area contributed by atoms with Crippen molar-refractivity contribution in [3.63, 3.8) is 0 Å². The Balaban J connectivity index is 1.41.